The molecule has 0 fully saturated rings. The van der Waals surface area contributed by atoms with Crippen LogP contribution in [0.2, 0.25) is 0 Å². The van der Waals surface area contributed by atoms with Crippen LogP contribution in [0.3, 0.4) is 0 Å². The molecule has 0 aliphatic heterocycles. The van der Waals surface area contributed by atoms with E-state index in [0.717, 1.165) is 40.1 Å². The van der Waals surface area contributed by atoms with Gasteiger partial charge in [0, 0.05) is 11.8 Å². The molecule has 0 aliphatic rings. The van der Waals surface area contributed by atoms with Gasteiger partial charge in [0.2, 0.25) is 5.91 Å². The van der Waals surface area contributed by atoms with Gasteiger partial charge < -0.3 is 14.8 Å². The molecule has 2 aromatic rings. The van der Waals surface area contributed by atoms with E-state index in [2.05, 4.69) is 28.2 Å². The van der Waals surface area contributed by atoms with Crippen LogP contribution in [0, 0.1) is 0 Å². The number of carbonyl (C=O) groups excluding carboxylic acids is 1. The van der Waals surface area contributed by atoms with Crippen LogP contribution in [0.15, 0.2) is 53.0 Å². The Balaban J connectivity index is 1.90. The molecule has 1 N–H and O–H groups in total. The first-order chi connectivity index (χ1) is 12.1. The smallest absolute Gasteiger partial charge is 0.248 e. The highest BCUT2D eigenvalue weighted by Gasteiger charge is 2.01. The molecule has 0 saturated heterocycles. The Hall–Kier alpha value is -2.27. The molecule has 0 aliphatic carbocycles. The zero-order chi connectivity index (χ0) is 18.1. The van der Waals surface area contributed by atoms with E-state index in [1.54, 1.807) is 13.2 Å². The monoisotopic (exact) mass is 403 g/mol. The van der Waals surface area contributed by atoms with E-state index in [4.69, 9.17) is 9.47 Å². The average Bonchev–Trinajstić information content (AvgIpc) is 2.62. The van der Waals surface area contributed by atoms with E-state index >= 15 is 0 Å². The van der Waals surface area contributed by atoms with Crippen molar-refractivity contribution in [1.29, 1.82) is 0 Å². The minimum absolute atomic E-state index is 0.188. The summed E-state index contributed by atoms with van der Waals surface area (Å²) in [5.41, 5.74) is 1.64. The largest absolute Gasteiger partial charge is 0.496 e. The number of unbranched alkanes of at least 4 members (excludes halogenated alkanes) is 1. The van der Waals surface area contributed by atoms with Gasteiger partial charge in [0.25, 0.3) is 0 Å². The van der Waals surface area contributed by atoms with Gasteiger partial charge in [0.05, 0.1) is 18.2 Å². The summed E-state index contributed by atoms with van der Waals surface area (Å²) in [6.07, 6.45) is 5.39. The van der Waals surface area contributed by atoms with E-state index in [1.807, 2.05) is 42.5 Å². The molecule has 2 aromatic carbocycles. The molecule has 0 aromatic heterocycles. The second-order valence-electron chi connectivity index (χ2n) is 5.44. The number of anilines is 1. The summed E-state index contributed by atoms with van der Waals surface area (Å²) in [5, 5.41) is 2.83. The minimum Gasteiger partial charge on any atom is -0.496 e. The van der Waals surface area contributed by atoms with Crippen molar-refractivity contribution in [2.75, 3.05) is 19.0 Å². The van der Waals surface area contributed by atoms with Gasteiger partial charge in [0.1, 0.15) is 11.5 Å². The van der Waals surface area contributed by atoms with E-state index in [-0.39, 0.29) is 5.91 Å². The van der Waals surface area contributed by atoms with Crippen LogP contribution in [-0.2, 0) is 4.79 Å². The fourth-order valence-electron chi connectivity index (χ4n) is 2.11. The number of nitrogens with one attached hydrogen (secondary N) is 1. The van der Waals surface area contributed by atoms with Crippen LogP contribution >= 0.6 is 15.9 Å². The van der Waals surface area contributed by atoms with Gasteiger partial charge in [-0.2, -0.15) is 0 Å². The highest BCUT2D eigenvalue weighted by Crippen LogP contribution is 2.26. The number of amides is 1. The molecule has 2 rings (SSSR count). The topological polar surface area (TPSA) is 47.6 Å². The number of hydrogen-bond donors (Lipinski definition) is 1. The van der Waals surface area contributed by atoms with Crippen molar-refractivity contribution in [3.63, 3.8) is 0 Å². The van der Waals surface area contributed by atoms with Gasteiger partial charge in [-0.05, 0) is 70.4 Å². The standard InChI is InChI=1S/C20H22BrNO3/c1-3-4-13-25-17-9-7-16(8-10-17)22-20(23)12-6-15-5-11-19(24-2)18(21)14-15/h5-12,14H,3-4,13H2,1-2H3,(H,22,23)/b12-6+. The second-order valence-corrected chi connectivity index (χ2v) is 6.30. The lowest BCUT2D eigenvalue weighted by molar-refractivity contribution is -0.111. The lowest BCUT2D eigenvalue weighted by Gasteiger charge is -2.07. The quantitative estimate of drug-likeness (QED) is 0.481. The summed E-state index contributed by atoms with van der Waals surface area (Å²) < 4.78 is 11.6. The van der Waals surface area contributed by atoms with Gasteiger partial charge in [0.15, 0.2) is 0 Å². The highest BCUT2D eigenvalue weighted by molar-refractivity contribution is 9.10. The van der Waals surface area contributed by atoms with E-state index in [9.17, 15) is 4.79 Å². The Morgan fingerprint density at radius 2 is 1.96 bits per heavy atom. The van der Waals surface area contributed by atoms with E-state index in [1.165, 1.54) is 6.08 Å². The summed E-state index contributed by atoms with van der Waals surface area (Å²) in [4.78, 5) is 12.0. The molecule has 0 bridgehead atoms. The first-order valence-corrected chi connectivity index (χ1v) is 8.97. The molecule has 132 valence electrons. The van der Waals surface area contributed by atoms with Crippen molar-refractivity contribution in [1.82, 2.24) is 0 Å². The first-order valence-electron chi connectivity index (χ1n) is 8.18. The molecular weight excluding hydrogens is 382 g/mol. The lowest BCUT2D eigenvalue weighted by Crippen LogP contribution is -2.07. The summed E-state index contributed by atoms with van der Waals surface area (Å²) in [5.74, 6) is 1.37. The number of ether oxygens (including phenoxy) is 2. The highest BCUT2D eigenvalue weighted by atomic mass is 79.9. The summed E-state index contributed by atoms with van der Waals surface area (Å²) in [6, 6.07) is 13.0. The van der Waals surface area contributed by atoms with Crippen LogP contribution in [0.4, 0.5) is 5.69 Å². The fraction of sp³-hybridized carbons (Fsp3) is 0.250. The molecule has 0 saturated carbocycles. The predicted octanol–water partition coefficient (Wildman–Crippen LogP) is 5.29. The maximum absolute atomic E-state index is 12.0. The lowest BCUT2D eigenvalue weighted by atomic mass is 10.2. The fourth-order valence-corrected chi connectivity index (χ4v) is 2.67. The third kappa shape index (κ3) is 6.27. The van der Waals surface area contributed by atoms with Crippen LogP contribution < -0.4 is 14.8 Å². The summed E-state index contributed by atoms with van der Waals surface area (Å²) >= 11 is 3.43. The molecule has 0 radical (unpaired) electrons. The number of rotatable bonds is 8. The Morgan fingerprint density at radius 3 is 2.60 bits per heavy atom. The van der Waals surface area contributed by atoms with Gasteiger partial charge >= 0.3 is 0 Å². The minimum atomic E-state index is -0.188. The Kier molecular flexibility index (Phi) is 7.54. The maximum atomic E-state index is 12.0. The zero-order valence-electron chi connectivity index (χ0n) is 14.4. The van der Waals surface area contributed by atoms with Crippen molar-refractivity contribution in [2.45, 2.75) is 19.8 Å². The van der Waals surface area contributed by atoms with Crippen molar-refractivity contribution in [3.8, 4) is 11.5 Å². The van der Waals surface area contributed by atoms with E-state index < -0.39 is 0 Å². The normalized spacial score (nSPS) is 10.7. The Morgan fingerprint density at radius 1 is 1.20 bits per heavy atom. The number of benzene rings is 2. The van der Waals surface area contributed by atoms with Crippen LogP contribution in [0.25, 0.3) is 6.08 Å². The van der Waals surface area contributed by atoms with Crippen molar-refractivity contribution in [3.05, 3.63) is 58.6 Å². The molecule has 0 unspecified atom stereocenters. The number of hydrogen-bond acceptors (Lipinski definition) is 3. The molecule has 0 spiro atoms. The van der Waals surface area contributed by atoms with E-state index in [0.29, 0.717) is 6.61 Å². The molecular formula is C20H22BrNO3. The maximum Gasteiger partial charge on any atom is 0.248 e. The molecule has 25 heavy (non-hydrogen) atoms. The molecule has 0 atom stereocenters. The SMILES string of the molecule is CCCCOc1ccc(NC(=O)/C=C/c2ccc(OC)c(Br)c2)cc1. The summed E-state index contributed by atoms with van der Waals surface area (Å²) in [7, 11) is 1.61. The molecule has 0 heterocycles. The van der Waals surface area contributed by atoms with Crippen LogP contribution in [0.5, 0.6) is 11.5 Å². The number of halogens is 1. The zero-order valence-corrected chi connectivity index (χ0v) is 16.0. The summed E-state index contributed by atoms with van der Waals surface area (Å²) in [6.45, 7) is 2.84. The predicted molar refractivity (Wildman–Crippen MR) is 105 cm³/mol. The van der Waals surface area contributed by atoms with Crippen molar-refractivity contribution < 1.29 is 14.3 Å². The molecule has 4 nitrogen and oxygen atoms in total. The third-order valence-corrected chi connectivity index (χ3v) is 4.11. The van der Waals surface area contributed by atoms with Crippen LogP contribution in [0.1, 0.15) is 25.3 Å². The molecule has 5 heteroatoms. The van der Waals surface area contributed by atoms with Gasteiger partial charge in [-0.3, -0.25) is 4.79 Å². The van der Waals surface area contributed by atoms with Gasteiger partial charge in [-0.1, -0.05) is 19.4 Å². The second kappa shape index (κ2) is 9.89. The Bertz CT molecular complexity index is 726. The van der Waals surface area contributed by atoms with Crippen LogP contribution in [-0.4, -0.2) is 19.6 Å². The Labute approximate surface area is 157 Å². The first kappa shape index (κ1) is 19.1. The van der Waals surface area contributed by atoms with Crippen molar-refractivity contribution in [2.24, 2.45) is 0 Å². The number of methoxy groups -OCH3 is 1. The van der Waals surface area contributed by atoms with Gasteiger partial charge in [-0.25, -0.2) is 0 Å². The molecule has 1 amide bonds. The van der Waals surface area contributed by atoms with Crippen molar-refractivity contribution >= 4 is 33.6 Å². The average molecular weight is 404 g/mol. The number of carbonyl (C=O) groups is 1. The third-order valence-electron chi connectivity index (χ3n) is 3.49. The van der Waals surface area contributed by atoms with Gasteiger partial charge in [-0.15, -0.1) is 0 Å².